The normalized spacial score (nSPS) is 12.0. The molecule has 4 heteroatoms. The standard InChI is InChI=1S/C19H23ClN2O/c1-3-18(16-9-7-14(2)8-10-16)21-13-19(23)22-12-15-5-4-6-17(20)11-15/h4-11,18,21H,3,12-13H2,1-2H3,(H,22,23)/p+1/t18-/m1/s1. The smallest absolute Gasteiger partial charge is 0.275 e. The minimum absolute atomic E-state index is 0.0375. The molecule has 2 aromatic rings. The number of rotatable bonds is 7. The van der Waals surface area contributed by atoms with Gasteiger partial charge in [-0.05, 0) is 24.6 Å². The van der Waals surface area contributed by atoms with Gasteiger partial charge in [0.25, 0.3) is 5.91 Å². The van der Waals surface area contributed by atoms with Crippen molar-refractivity contribution in [2.45, 2.75) is 32.9 Å². The molecule has 122 valence electrons. The van der Waals surface area contributed by atoms with Crippen LogP contribution in [0.2, 0.25) is 5.02 Å². The minimum atomic E-state index is 0.0375. The summed E-state index contributed by atoms with van der Waals surface area (Å²) < 4.78 is 0. The van der Waals surface area contributed by atoms with E-state index in [0.717, 1.165) is 12.0 Å². The number of nitrogens with two attached hydrogens (primary N) is 1. The van der Waals surface area contributed by atoms with Gasteiger partial charge in [-0.25, -0.2) is 0 Å². The molecule has 0 aliphatic heterocycles. The molecular formula is C19H24ClN2O+. The predicted octanol–water partition coefficient (Wildman–Crippen LogP) is 2.98. The average molecular weight is 332 g/mol. The molecule has 0 heterocycles. The quantitative estimate of drug-likeness (QED) is 0.805. The molecule has 0 aromatic heterocycles. The Morgan fingerprint density at radius 2 is 1.96 bits per heavy atom. The van der Waals surface area contributed by atoms with Gasteiger partial charge in [-0.15, -0.1) is 0 Å². The zero-order valence-electron chi connectivity index (χ0n) is 13.7. The van der Waals surface area contributed by atoms with Gasteiger partial charge in [-0.3, -0.25) is 4.79 Å². The molecule has 0 saturated heterocycles. The maximum Gasteiger partial charge on any atom is 0.275 e. The number of nitrogens with one attached hydrogen (secondary N) is 1. The highest BCUT2D eigenvalue weighted by atomic mass is 35.5. The number of carbonyl (C=O) groups excluding carboxylic acids is 1. The SMILES string of the molecule is CC[C@@H]([NH2+]CC(=O)NCc1cccc(Cl)c1)c1ccc(C)cc1. The Morgan fingerprint density at radius 1 is 1.22 bits per heavy atom. The van der Waals surface area contributed by atoms with Crippen LogP contribution in [-0.4, -0.2) is 12.5 Å². The predicted molar refractivity (Wildman–Crippen MR) is 94.3 cm³/mol. The lowest BCUT2D eigenvalue weighted by molar-refractivity contribution is -0.686. The van der Waals surface area contributed by atoms with E-state index in [1.165, 1.54) is 11.1 Å². The first-order chi connectivity index (χ1) is 11.1. The van der Waals surface area contributed by atoms with Gasteiger partial charge in [-0.1, -0.05) is 60.5 Å². The van der Waals surface area contributed by atoms with Crippen LogP contribution in [0.1, 0.15) is 36.1 Å². The largest absolute Gasteiger partial charge is 0.347 e. The monoisotopic (exact) mass is 331 g/mol. The van der Waals surface area contributed by atoms with E-state index in [1.807, 2.05) is 24.3 Å². The summed E-state index contributed by atoms with van der Waals surface area (Å²) in [4.78, 5) is 12.0. The van der Waals surface area contributed by atoms with E-state index in [-0.39, 0.29) is 5.91 Å². The summed E-state index contributed by atoms with van der Waals surface area (Å²) in [6, 6.07) is 16.4. The first-order valence-corrected chi connectivity index (χ1v) is 8.37. The fourth-order valence-corrected chi connectivity index (χ4v) is 2.73. The van der Waals surface area contributed by atoms with Crippen LogP contribution in [0.15, 0.2) is 48.5 Å². The number of carbonyl (C=O) groups is 1. The van der Waals surface area contributed by atoms with Gasteiger partial charge in [0, 0.05) is 23.6 Å². The second-order valence-corrected chi connectivity index (χ2v) is 6.21. The Kier molecular flexibility index (Phi) is 6.63. The second kappa shape index (κ2) is 8.70. The lowest BCUT2D eigenvalue weighted by atomic mass is 10.0. The number of amides is 1. The van der Waals surface area contributed by atoms with Crippen LogP contribution in [0.5, 0.6) is 0 Å². The highest BCUT2D eigenvalue weighted by Crippen LogP contribution is 2.13. The average Bonchev–Trinajstić information content (AvgIpc) is 2.55. The van der Waals surface area contributed by atoms with Gasteiger partial charge < -0.3 is 10.6 Å². The summed E-state index contributed by atoms with van der Waals surface area (Å²) in [6.07, 6.45) is 0.991. The number of benzene rings is 2. The van der Waals surface area contributed by atoms with Crippen LogP contribution >= 0.6 is 11.6 Å². The van der Waals surface area contributed by atoms with Gasteiger partial charge in [0.15, 0.2) is 6.54 Å². The first-order valence-electron chi connectivity index (χ1n) is 7.99. The van der Waals surface area contributed by atoms with Gasteiger partial charge in [0.05, 0.1) is 0 Å². The van der Waals surface area contributed by atoms with Crippen molar-refractivity contribution in [1.82, 2.24) is 5.32 Å². The molecule has 3 N–H and O–H groups in total. The highest BCUT2D eigenvalue weighted by Gasteiger charge is 2.14. The number of halogens is 1. The van der Waals surface area contributed by atoms with Crippen LogP contribution in [0.3, 0.4) is 0 Å². The van der Waals surface area contributed by atoms with Gasteiger partial charge in [0.2, 0.25) is 0 Å². The van der Waals surface area contributed by atoms with Crippen molar-refractivity contribution in [3.8, 4) is 0 Å². The van der Waals surface area contributed by atoms with Gasteiger partial charge in [-0.2, -0.15) is 0 Å². The van der Waals surface area contributed by atoms with E-state index in [0.29, 0.717) is 24.2 Å². The van der Waals surface area contributed by atoms with Gasteiger partial charge >= 0.3 is 0 Å². The molecule has 0 unspecified atom stereocenters. The van der Waals surface area contributed by atoms with Crippen LogP contribution < -0.4 is 10.6 Å². The number of hydrogen-bond donors (Lipinski definition) is 2. The van der Waals surface area contributed by atoms with Crippen molar-refractivity contribution in [3.05, 3.63) is 70.2 Å². The molecule has 23 heavy (non-hydrogen) atoms. The van der Waals surface area contributed by atoms with E-state index >= 15 is 0 Å². The van der Waals surface area contributed by atoms with Crippen molar-refractivity contribution in [3.63, 3.8) is 0 Å². The molecule has 0 saturated carbocycles. The highest BCUT2D eigenvalue weighted by molar-refractivity contribution is 6.30. The molecule has 1 atom stereocenters. The zero-order chi connectivity index (χ0) is 16.7. The Hall–Kier alpha value is -1.84. The van der Waals surface area contributed by atoms with Crippen molar-refractivity contribution >= 4 is 17.5 Å². The Balaban J connectivity index is 1.81. The lowest BCUT2D eigenvalue weighted by Gasteiger charge is -2.14. The molecule has 0 radical (unpaired) electrons. The third-order valence-electron chi connectivity index (χ3n) is 3.91. The Labute approximate surface area is 143 Å². The number of quaternary nitrogens is 1. The van der Waals surface area contributed by atoms with Crippen molar-refractivity contribution in [1.29, 1.82) is 0 Å². The molecule has 0 aliphatic rings. The maximum atomic E-state index is 12.0. The summed E-state index contributed by atoms with van der Waals surface area (Å²) in [7, 11) is 0. The summed E-state index contributed by atoms with van der Waals surface area (Å²) in [5.41, 5.74) is 3.53. The third kappa shape index (κ3) is 5.70. The van der Waals surface area contributed by atoms with Crippen LogP contribution in [0, 0.1) is 6.92 Å². The second-order valence-electron chi connectivity index (χ2n) is 5.77. The molecule has 1 amide bonds. The first kappa shape index (κ1) is 17.5. The van der Waals surface area contributed by atoms with E-state index in [2.05, 4.69) is 48.7 Å². The topological polar surface area (TPSA) is 45.7 Å². The lowest BCUT2D eigenvalue weighted by Crippen LogP contribution is -2.87. The molecular weight excluding hydrogens is 308 g/mol. The molecule has 0 aliphatic carbocycles. The number of hydrogen-bond acceptors (Lipinski definition) is 1. The third-order valence-corrected chi connectivity index (χ3v) is 4.15. The van der Waals surface area contributed by atoms with Crippen LogP contribution in [0.25, 0.3) is 0 Å². The molecule has 0 fully saturated rings. The molecule has 2 aromatic carbocycles. The van der Waals surface area contributed by atoms with Crippen LogP contribution in [-0.2, 0) is 11.3 Å². The van der Waals surface area contributed by atoms with Crippen molar-refractivity contribution in [2.24, 2.45) is 0 Å². The van der Waals surface area contributed by atoms with E-state index in [4.69, 9.17) is 11.6 Å². The van der Waals surface area contributed by atoms with Gasteiger partial charge in [0.1, 0.15) is 6.04 Å². The number of aryl methyl sites for hydroxylation is 1. The van der Waals surface area contributed by atoms with E-state index in [9.17, 15) is 4.79 Å². The Bertz CT molecular complexity index is 640. The van der Waals surface area contributed by atoms with Crippen molar-refractivity contribution in [2.75, 3.05) is 6.54 Å². The minimum Gasteiger partial charge on any atom is -0.347 e. The fourth-order valence-electron chi connectivity index (χ4n) is 2.52. The summed E-state index contributed by atoms with van der Waals surface area (Å²) in [5, 5.41) is 5.72. The molecule has 2 rings (SSSR count). The molecule has 0 spiro atoms. The van der Waals surface area contributed by atoms with E-state index in [1.54, 1.807) is 0 Å². The zero-order valence-corrected chi connectivity index (χ0v) is 14.4. The molecule has 3 nitrogen and oxygen atoms in total. The summed E-state index contributed by atoms with van der Waals surface area (Å²) in [6.45, 7) is 5.16. The molecule has 0 bridgehead atoms. The van der Waals surface area contributed by atoms with Crippen molar-refractivity contribution < 1.29 is 10.1 Å². The maximum absolute atomic E-state index is 12.0. The summed E-state index contributed by atoms with van der Waals surface area (Å²) >= 11 is 5.94. The fraction of sp³-hybridized carbons (Fsp3) is 0.316. The Morgan fingerprint density at radius 3 is 2.61 bits per heavy atom. The van der Waals surface area contributed by atoms with E-state index < -0.39 is 0 Å². The van der Waals surface area contributed by atoms with Crippen LogP contribution in [0.4, 0.5) is 0 Å². The summed E-state index contributed by atoms with van der Waals surface area (Å²) in [5.74, 6) is 0.0375.